The summed E-state index contributed by atoms with van der Waals surface area (Å²) in [7, 11) is 7.58. The first-order valence-corrected chi connectivity index (χ1v) is 48.5. The largest absolute Gasteiger partial charge is 0.416 e. The fourth-order valence-corrected chi connectivity index (χ4v) is 21.4. The maximum atomic E-state index is 14.2. The zero-order valence-corrected chi connectivity index (χ0v) is 81.1. The van der Waals surface area contributed by atoms with Crippen molar-refractivity contribution in [2.75, 3.05) is 112 Å². The highest BCUT2D eigenvalue weighted by atomic mass is 19.4. The number of likely N-dealkylation sites (tertiary alicyclic amines) is 3. The van der Waals surface area contributed by atoms with Gasteiger partial charge in [-0.3, -0.25) is 33.9 Å². The number of carbonyl (C=O) groups is 4. The third kappa shape index (κ3) is 20.0. The summed E-state index contributed by atoms with van der Waals surface area (Å²) in [5.41, 5.74) is 6.04. The van der Waals surface area contributed by atoms with Gasteiger partial charge >= 0.3 is 18.5 Å². The molecule has 0 radical (unpaired) electrons. The van der Waals surface area contributed by atoms with Gasteiger partial charge in [0.15, 0.2) is 0 Å². The van der Waals surface area contributed by atoms with Crippen molar-refractivity contribution in [3.8, 4) is 0 Å². The lowest BCUT2D eigenvalue weighted by atomic mass is 9.75. The van der Waals surface area contributed by atoms with Crippen LogP contribution in [-0.2, 0) is 152 Å². The lowest BCUT2D eigenvalue weighted by Crippen LogP contribution is -2.49. The molecule has 10 aliphatic heterocycles. The number of anilines is 4. The van der Waals surface area contributed by atoms with Gasteiger partial charge in [0.2, 0.25) is 0 Å². The molecule has 0 bridgehead atoms. The lowest BCUT2D eigenvalue weighted by molar-refractivity contribution is -0.139. The Balaban J connectivity index is 0.000000118. The van der Waals surface area contributed by atoms with Crippen LogP contribution in [0.1, 0.15) is 195 Å². The summed E-state index contributed by atoms with van der Waals surface area (Å²) in [5, 5.41) is 35.7. The Hall–Kier alpha value is -12.9. The molecule has 3 atom stereocenters. The number of aromatic nitrogens is 14. The molecular weight excluding hydrogens is 1870 g/mol. The van der Waals surface area contributed by atoms with Crippen molar-refractivity contribution in [1.29, 1.82) is 0 Å². The molecule has 754 valence electrons. The summed E-state index contributed by atoms with van der Waals surface area (Å²) >= 11 is 0. The molecular formula is C105H111F10N21O8. The van der Waals surface area contributed by atoms with E-state index >= 15 is 0 Å². The number of nitrogens with one attached hydrogen (secondary N) is 1. The average molecular weight is 1990 g/mol. The van der Waals surface area contributed by atoms with Gasteiger partial charge in [-0.25, -0.2) is 14.4 Å². The molecule has 8 fully saturated rings. The van der Waals surface area contributed by atoms with Crippen molar-refractivity contribution in [3.63, 3.8) is 0 Å². The summed E-state index contributed by atoms with van der Waals surface area (Å²) in [6, 6.07) is 40.5. The maximum Gasteiger partial charge on any atom is 0.416 e. The van der Waals surface area contributed by atoms with E-state index in [4.69, 9.17) is 18.9 Å². The van der Waals surface area contributed by atoms with Crippen LogP contribution in [0.3, 0.4) is 0 Å². The van der Waals surface area contributed by atoms with E-state index in [1.807, 2.05) is 126 Å². The summed E-state index contributed by atoms with van der Waals surface area (Å²) in [5.74, 6) is 3.93. The molecule has 144 heavy (non-hydrogen) atoms. The first-order chi connectivity index (χ1) is 68.8. The van der Waals surface area contributed by atoms with E-state index in [-0.39, 0.29) is 99.6 Å². The first-order valence-electron chi connectivity index (χ1n) is 48.5. The molecule has 11 aliphatic rings. The molecule has 39 heteroatoms. The zero-order chi connectivity index (χ0) is 101. The number of rotatable bonds is 24. The summed E-state index contributed by atoms with van der Waals surface area (Å²) in [6.45, 7) is 16.7. The molecule has 7 saturated heterocycles. The molecule has 7 aromatic carbocycles. The minimum absolute atomic E-state index is 0.0272. The van der Waals surface area contributed by atoms with E-state index in [2.05, 4.69) is 85.8 Å². The lowest BCUT2D eigenvalue weighted by Gasteiger charge is -2.42. The second-order valence-corrected chi connectivity index (χ2v) is 41.2. The fourth-order valence-electron chi connectivity index (χ4n) is 21.4. The van der Waals surface area contributed by atoms with Crippen LogP contribution in [0.2, 0.25) is 0 Å². The number of ether oxygens (including phenoxy) is 4. The van der Waals surface area contributed by atoms with Gasteiger partial charge in [-0.05, 0) is 191 Å². The molecule has 29 nitrogen and oxygen atoms in total. The van der Waals surface area contributed by atoms with E-state index < -0.39 is 59.1 Å². The van der Waals surface area contributed by atoms with Crippen molar-refractivity contribution < 1.29 is 82.0 Å². The topological polar surface area (TPSA) is 285 Å². The Kier molecular flexibility index (Phi) is 26.6. The Morgan fingerprint density at radius 3 is 1.07 bits per heavy atom. The molecule has 0 spiro atoms. The standard InChI is InChI=1S/C28H29F4N5O2.C28H30F3N5O2.C27H28F3N5O2.C22H24N6O2/c1-17-10-36(13-24(17)29)11-18-6-21-22(23(7-18)28(30,31)32)12-37(26(21)38)20-5-3-4-19(8-20)27(14-39-15-27)9-25-34-33-16-35(25)2;1-18-6-7-35(12-18)13-19-8-22-23(24(9-19)28(29,30)31)14-36(26(22)37)21-5-3-4-20(10-21)27(15-38-16-27)11-25-33-32-17-34(25)2;1-17-10-34(11-17)12-18-6-21-22(23(7-18)27(28,29)30)13-35(25(21)36)20-5-3-4-19(8-20)26(14-37-15-26)9-24-32-31-16-33(24)2;1-14-8-18(26-20(24-14)15-6-7-15)21(29)25-17-5-3-4-16(9-17)22(11-30-12-22)10-19-27-23-13-28(19)2/h3-8,16-17,24H,9-15H2,1-2H3;3-5,8-10,17-18H,6-7,11-16H2,1-2H3;3-8,16-17H,9-15H2,1-2H3;3-5,8-9,13,15H,6-7,10-12H2,1-2H3,(H,25,29)/t17-,24+;18-;;/m10../s1. The third-order valence-electron chi connectivity index (χ3n) is 30.0. The number of carbonyl (C=O) groups excluding carboxylic acids is 4. The molecule has 1 saturated carbocycles. The van der Waals surface area contributed by atoms with Gasteiger partial charge in [0.1, 0.15) is 66.3 Å². The Labute approximate surface area is 824 Å². The molecule has 0 unspecified atom stereocenters. The highest BCUT2D eigenvalue weighted by Gasteiger charge is 2.51. The van der Waals surface area contributed by atoms with Gasteiger partial charge in [0.25, 0.3) is 23.6 Å². The number of benzene rings is 7. The highest BCUT2D eigenvalue weighted by molar-refractivity contribution is 6.12. The minimum Gasteiger partial charge on any atom is -0.379 e. The van der Waals surface area contributed by atoms with Gasteiger partial charge in [-0.1, -0.05) is 69.3 Å². The van der Waals surface area contributed by atoms with Gasteiger partial charge in [-0.15, -0.1) is 40.8 Å². The van der Waals surface area contributed by atoms with Crippen LogP contribution < -0.4 is 20.0 Å². The Morgan fingerprint density at radius 1 is 0.417 bits per heavy atom. The predicted octanol–water partition coefficient (Wildman–Crippen LogP) is 15.2. The van der Waals surface area contributed by atoms with Crippen LogP contribution in [0.5, 0.6) is 0 Å². The smallest absolute Gasteiger partial charge is 0.379 e. The number of halogens is 10. The Bertz CT molecular complexity index is 6860. The summed E-state index contributed by atoms with van der Waals surface area (Å²) < 4.78 is 171. The van der Waals surface area contributed by atoms with Gasteiger partial charge in [-0.2, -0.15) is 39.5 Å². The minimum atomic E-state index is -4.62. The molecule has 23 rings (SSSR count). The van der Waals surface area contributed by atoms with Crippen LogP contribution in [0.4, 0.5) is 66.7 Å². The third-order valence-corrected chi connectivity index (χ3v) is 30.0. The first kappa shape index (κ1) is 98.5. The van der Waals surface area contributed by atoms with Crippen molar-refractivity contribution in [3.05, 3.63) is 294 Å². The van der Waals surface area contributed by atoms with E-state index in [1.165, 1.54) is 26.8 Å². The van der Waals surface area contributed by atoms with Gasteiger partial charge < -0.3 is 57.2 Å². The number of amides is 4. The molecule has 1 N–H and O–H groups in total. The second-order valence-electron chi connectivity index (χ2n) is 41.2. The van der Waals surface area contributed by atoms with Crippen molar-refractivity contribution in [2.24, 2.45) is 45.9 Å². The van der Waals surface area contributed by atoms with E-state index in [0.29, 0.717) is 149 Å². The van der Waals surface area contributed by atoms with E-state index in [9.17, 15) is 63.1 Å². The predicted molar refractivity (Wildman–Crippen MR) is 510 cm³/mol. The Morgan fingerprint density at radius 2 is 0.764 bits per heavy atom. The number of hydrogen-bond donors (Lipinski definition) is 1. The number of nitrogens with zero attached hydrogens (tertiary/aromatic N) is 20. The van der Waals surface area contributed by atoms with E-state index in [0.717, 1.165) is 121 Å². The normalized spacial score (nSPS) is 20.4. The van der Waals surface area contributed by atoms with Crippen LogP contribution in [0.15, 0.2) is 165 Å². The molecule has 4 amide bonds. The summed E-state index contributed by atoms with van der Waals surface area (Å²) in [4.78, 5) is 72.8. The molecule has 1 aliphatic carbocycles. The van der Waals surface area contributed by atoms with Gasteiger partial charge in [0, 0.05) is 185 Å². The van der Waals surface area contributed by atoms with E-state index in [1.54, 1.807) is 79.6 Å². The second kappa shape index (κ2) is 38.9. The average Bonchev–Trinajstić information content (AvgIpc) is 1.57. The number of hydrogen-bond acceptors (Lipinski definition) is 21. The van der Waals surface area contributed by atoms with Crippen LogP contribution in [0.25, 0.3) is 0 Å². The van der Waals surface area contributed by atoms with Crippen LogP contribution in [0, 0.1) is 24.7 Å². The SMILES string of the molecule is CC1CN(Cc2cc3c(c(C(F)(F)F)c2)CN(c2cccc(C4(Cc5nncn5C)COC4)c2)C3=O)C1.C[C@@H]1CN(Cc2cc3c(c(C(F)(F)F)c2)CN(c2cccc(C4(Cc5nncn5C)COC4)c2)C3=O)C[C@@H]1F.C[C@H]1CCN(Cc2cc3c(c(C(F)(F)F)c2)CN(c2cccc(C4(Cc5nncn5C)COC4)c2)C3=O)C1.Cc1cc(C(=O)Nc2cccc(C3(Cc4nncn4C)COC3)c2)nc(C2CC2)n1. The van der Waals surface area contributed by atoms with Crippen molar-refractivity contribution in [2.45, 2.75) is 164 Å². The number of aryl methyl sites for hydroxylation is 5. The maximum absolute atomic E-state index is 14.2. The molecule has 15 heterocycles. The molecule has 5 aromatic heterocycles. The van der Waals surface area contributed by atoms with Crippen LogP contribution >= 0.6 is 0 Å². The van der Waals surface area contributed by atoms with Crippen molar-refractivity contribution in [1.82, 2.24) is 83.7 Å². The van der Waals surface area contributed by atoms with Crippen molar-refractivity contribution >= 4 is 46.4 Å². The molecule has 12 aromatic rings. The van der Waals surface area contributed by atoms with Gasteiger partial charge in [0.05, 0.1) is 89.2 Å². The van der Waals surface area contributed by atoms with Crippen LogP contribution in [-0.4, -0.2) is 206 Å². The fraction of sp³-hybridized carbons (Fsp3) is 0.448. The quantitative estimate of drug-likeness (QED) is 0.0550. The zero-order valence-electron chi connectivity index (χ0n) is 81.1. The number of fused-ring (bicyclic) bond motifs is 3. The summed E-state index contributed by atoms with van der Waals surface area (Å²) in [6.07, 6.45) is -2.32. The monoisotopic (exact) mass is 1980 g/mol. The highest BCUT2D eigenvalue weighted by Crippen LogP contribution is 2.49. The number of alkyl halides is 10.